The Labute approximate surface area is 148 Å². The van der Waals surface area contributed by atoms with E-state index in [1.807, 2.05) is 12.4 Å². The van der Waals surface area contributed by atoms with Crippen LogP contribution in [0.5, 0.6) is 0 Å². The van der Waals surface area contributed by atoms with E-state index < -0.39 is 0 Å². The summed E-state index contributed by atoms with van der Waals surface area (Å²) in [7, 11) is 0. The minimum Gasteiger partial charge on any atom is -0.345 e. The fraction of sp³-hybridized carbons (Fsp3) is 0.400. The molecule has 1 unspecified atom stereocenters. The first-order valence-corrected chi connectivity index (χ1v) is 9.15. The summed E-state index contributed by atoms with van der Waals surface area (Å²) in [5.74, 6) is 2.24. The lowest BCUT2D eigenvalue weighted by molar-refractivity contribution is 0.127. The third-order valence-corrected chi connectivity index (χ3v) is 4.96. The third kappa shape index (κ3) is 3.51. The Morgan fingerprint density at radius 1 is 1.20 bits per heavy atom. The number of nitrogens with one attached hydrogen (secondary N) is 1. The summed E-state index contributed by atoms with van der Waals surface area (Å²) in [6.45, 7) is 4.88. The number of aryl methyl sites for hydroxylation is 1. The predicted octanol–water partition coefficient (Wildman–Crippen LogP) is 3.71. The minimum atomic E-state index is 0.352. The highest BCUT2D eigenvalue weighted by molar-refractivity contribution is 5.21. The maximum absolute atomic E-state index is 4.55. The molecule has 5 nitrogen and oxygen atoms in total. The van der Waals surface area contributed by atoms with Crippen molar-refractivity contribution in [3.63, 3.8) is 0 Å². The number of benzene rings is 1. The zero-order chi connectivity index (χ0) is 17.1. The number of aromatic amines is 1. The van der Waals surface area contributed by atoms with Crippen LogP contribution in [0.3, 0.4) is 0 Å². The van der Waals surface area contributed by atoms with Gasteiger partial charge in [0.05, 0.1) is 12.6 Å². The lowest BCUT2D eigenvalue weighted by Gasteiger charge is -2.36. The van der Waals surface area contributed by atoms with Gasteiger partial charge in [0.1, 0.15) is 11.6 Å². The van der Waals surface area contributed by atoms with E-state index in [-0.39, 0.29) is 0 Å². The average molecular weight is 335 g/mol. The molecule has 1 atom stereocenters. The van der Waals surface area contributed by atoms with Crippen molar-refractivity contribution in [1.29, 1.82) is 0 Å². The Morgan fingerprint density at radius 3 is 2.92 bits per heavy atom. The van der Waals surface area contributed by atoms with Gasteiger partial charge in [0.15, 0.2) is 0 Å². The third-order valence-electron chi connectivity index (χ3n) is 4.96. The standard InChI is InChI=1S/C20H25N5/c1-2-3-9-19-22-12-17(23-19)13-25-15-20-21-10-11-24(20)14-18(25)16-7-5-4-6-8-16/h4-8,10-12,18H,2-3,9,13-15H2,1H3,(H,22,23). The van der Waals surface area contributed by atoms with Gasteiger partial charge in [-0.1, -0.05) is 43.7 Å². The molecule has 25 heavy (non-hydrogen) atoms. The Bertz CT molecular complexity index is 804. The molecule has 0 saturated heterocycles. The highest BCUT2D eigenvalue weighted by atomic mass is 15.3. The molecule has 130 valence electrons. The SMILES string of the molecule is CCCCc1ncc(CN2Cc3nccn3CC2c2ccccc2)[nH]1. The lowest BCUT2D eigenvalue weighted by atomic mass is 10.0. The van der Waals surface area contributed by atoms with Crippen LogP contribution in [-0.2, 0) is 26.1 Å². The lowest BCUT2D eigenvalue weighted by Crippen LogP contribution is -2.36. The van der Waals surface area contributed by atoms with Gasteiger partial charge in [0, 0.05) is 43.8 Å². The van der Waals surface area contributed by atoms with Crippen LogP contribution >= 0.6 is 0 Å². The van der Waals surface area contributed by atoms with Gasteiger partial charge in [-0.2, -0.15) is 0 Å². The largest absolute Gasteiger partial charge is 0.345 e. The summed E-state index contributed by atoms with van der Waals surface area (Å²) < 4.78 is 2.27. The summed E-state index contributed by atoms with van der Waals surface area (Å²) in [5, 5.41) is 0. The van der Waals surface area contributed by atoms with E-state index >= 15 is 0 Å². The molecule has 4 rings (SSSR count). The van der Waals surface area contributed by atoms with Crippen molar-refractivity contribution in [3.05, 3.63) is 71.8 Å². The molecule has 0 fully saturated rings. The molecule has 1 aliphatic rings. The second-order valence-corrected chi connectivity index (χ2v) is 6.79. The fourth-order valence-corrected chi connectivity index (χ4v) is 3.59. The summed E-state index contributed by atoms with van der Waals surface area (Å²) in [6.07, 6.45) is 9.39. The average Bonchev–Trinajstić information content (AvgIpc) is 3.29. The van der Waals surface area contributed by atoms with Gasteiger partial charge in [-0.15, -0.1) is 0 Å². The number of imidazole rings is 2. The molecule has 0 radical (unpaired) electrons. The molecular weight excluding hydrogens is 310 g/mol. The summed E-state index contributed by atoms with van der Waals surface area (Å²) in [5.41, 5.74) is 2.54. The first kappa shape index (κ1) is 16.1. The van der Waals surface area contributed by atoms with Crippen molar-refractivity contribution in [3.8, 4) is 0 Å². The number of nitrogens with zero attached hydrogens (tertiary/aromatic N) is 4. The Hall–Kier alpha value is -2.40. The van der Waals surface area contributed by atoms with E-state index in [1.165, 1.54) is 24.1 Å². The normalized spacial score (nSPS) is 17.6. The van der Waals surface area contributed by atoms with Crippen LogP contribution in [0, 0.1) is 0 Å². The topological polar surface area (TPSA) is 49.7 Å². The molecule has 1 aromatic carbocycles. The van der Waals surface area contributed by atoms with Gasteiger partial charge in [0.25, 0.3) is 0 Å². The van der Waals surface area contributed by atoms with Crippen molar-refractivity contribution in [1.82, 2.24) is 24.4 Å². The first-order chi connectivity index (χ1) is 12.3. The molecular formula is C20H25N5. The van der Waals surface area contributed by atoms with E-state index in [0.29, 0.717) is 6.04 Å². The first-order valence-electron chi connectivity index (χ1n) is 9.15. The van der Waals surface area contributed by atoms with Gasteiger partial charge >= 0.3 is 0 Å². The Morgan fingerprint density at radius 2 is 2.08 bits per heavy atom. The van der Waals surface area contributed by atoms with Crippen molar-refractivity contribution in [2.75, 3.05) is 0 Å². The molecule has 2 aromatic heterocycles. The predicted molar refractivity (Wildman–Crippen MR) is 97.9 cm³/mol. The smallest absolute Gasteiger partial charge is 0.122 e. The zero-order valence-corrected chi connectivity index (χ0v) is 14.7. The van der Waals surface area contributed by atoms with E-state index in [1.54, 1.807) is 0 Å². The van der Waals surface area contributed by atoms with E-state index in [2.05, 4.69) is 67.9 Å². The number of unbranched alkanes of at least 4 members (excludes halogenated alkanes) is 1. The van der Waals surface area contributed by atoms with Gasteiger partial charge < -0.3 is 9.55 Å². The number of rotatable bonds is 6. The van der Waals surface area contributed by atoms with Gasteiger partial charge in [-0.05, 0) is 12.0 Å². The molecule has 1 N–H and O–H groups in total. The second-order valence-electron chi connectivity index (χ2n) is 6.79. The molecule has 0 bridgehead atoms. The van der Waals surface area contributed by atoms with Gasteiger partial charge in [-0.3, -0.25) is 4.90 Å². The molecule has 3 heterocycles. The van der Waals surface area contributed by atoms with Crippen LogP contribution in [0.4, 0.5) is 0 Å². The molecule has 3 aromatic rings. The molecule has 5 heteroatoms. The number of hydrogen-bond donors (Lipinski definition) is 1. The van der Waals surface area contributed by atoms with Crippen molar-refractivity contribution in [2.24, 2.45) is 0 Å². The number of aromatic nitrogens is 4. The molecule has 0 saturated carbocycles. The van der Waals surface area contributed by atoms with Crippen LogP contribution in [0.25, 0.3) is 0 Å². The number of H-pyrrole nitrogens is 1. The van der Waals surface area contributed by atoms with Crippen molar-refractivity contribution >= 4 is 0 Å². The van der Waals surface area contributed by atoms with Gasteiger partial charge in [0.2, 0.25) is 0 Å². The maximum atomic E-state index is 4.55. The summed E-state index contributed by atoms with van der Waals surface area (Å²) >= 11 is 0. The molecule has 0 amide bonds. The fourth-order valence-electron chi connectivity index (χ4n) is 3.59. The molecule has 0 aliphatic carbocycles. The van der Waals surface area contributed by atoms with E-state index in [0.717, 1.165) is 37.7 Å². The quantitative estimate of drug-likeness (QED) is 0.747. The van der Waals surface area contributed by atoms with Gasteiger partial charge in [-0.25, -0.2) is 9.97 Å². The van der Waals surface area contributed by atoms with Crippen LogP contribution in [0.1, 0.15) is 48.7 Å². The number of hydrogen-bond acceptors (Lipinski definition) is 3. The Balaban J connectivity index is 1.56. The number of fused-ring (bicyclic) bond motifs is 1. The van der Waals surface area contributed by atoms with Crippen LogP contribution < -0.4 is 0 Å². The highest BCUT2D eigenvalue weighted by Crippen LogP contribution is 2.30. The van der Waals surface area contributed by atoms with Crippen LogP contribution in [0.15, 0.2) is 48.9 Å². The van der Waals surface area contributed by atoms with Crippen molar-refractivity contribution < 1.29 is 0 Å². The minimum absolute atomic E-state index is 0.352. The van der Waals surface area contributed by atoms with E-state index in [9.17, 15) is 0 Å². The Kier molecular flexibility index (Phi) is 4.65. The molecule has 0 spiro atoms. The molecule has 1 aliphatic heterocycles. The zero-order valence-electron chi connectivity index (χ0n) is 14.7. The van der Waals surface area contributed by atoms with Crippen LogP contribution in [-0.4, -0.2) is 24.4 Å². The highest BCUT2D eigenvalue weighted by Gasteiger charge is 2.28. The summed E-state index contributed by atoms with van der Waals surface area (Å²) in [4.78, 5) is 15.1. The van der Waals surface area contributed by atoms with Crippen LogP contribution in [0.2, 0.25) is 0 Å². The second kappa shape index (κ2) is 7.23. The van der Waals surface area contributed by atoms with E-state index in [4.69, 9.17) is 0 Å². The maximum Gasteiger partial charge on any atom is 0.122 e. The summed E-state index contributed by atoms with van der Waals surface area (Å²) in [6, 6.07) is 11.1. The van der Waals surface area contributed by atoms with Crippen molar-refractivity contribution in [2.45, 2.75) is 51.9 Å². The monoisotopic (exact) mass is 335 g/mol.